The fourth-order valence-electron chi connectivity index (χ4n) is 0.199. The SMILES string of the molecule is O=[N+]([O-])[O-].O=[N+]([O-])[O][Sb]1[O][N+](=O)[O]1. The third-order valence-electron chi connectivity index (χ3n) is 0.400. The van der Waals surface area contributed by atoms with Gasteiger partial charge in [0.15, 0.2) is 0 Å². The van der Waals surface area contributed by atoms with Gasteiger partial charge in [0.2, 0.25) is 0 Å². The van der Waals surface area contributed by atoms with Crippen LogP contribution in [0.5, 0.6) is 0 Å². The maximum atomic E-state index is 9.71. The molecule has 0 radical (unpaired) electrons. The second kappa shape index (κ2) is 5.13. The molecule has 0 atom stereocenters. The molecule has 1 aliphatic rings. The van der Waals surface area contributed by atoms with Crippen molar-refractivity contribution in [3.63, 3.8) is 0 Å². The summed E-state index contributed by atoms with van der Waals surface area (Å²) in [7, 11) is 0. The van der Waals surface area contributed by atoms with E-state index < -0.39 is 31.6 Å². The summed E-state index contributed by atoms with van der Waals surface area (Å²) in [4.78, 5) is 27.4. The Hall–Kier alpha value is -1.58. The first kappa shape index (κ1) is 11.4. The predicted molar refractivity (Wildman–Crippen MR) is 30.0 cm³/mol. The molecule has 13 heteroatoms. The Labute approximate surface area is 76.9 Å². The van der Waals surface area contributed by atoms with E-state index in [1.54, 1.807) is 0 Å². The Morgan fingerprint density at radius 1 is 1.23 bits per heavy atom. The van der Waals surface area contributed by atoms with Crippen molar-refractivity contribution in [3.8, 4) is 0 Å². The fraction of sp³-hybridized carbons (Fsp3) is 0. The standard InChI is InChI=1S/3NO3.Sb/c3*2-1(3)4;/q3*-1;+3. The first-order chi connectivity index (χ1) is 5.91. The third-order valence-corrected chi connectivity index (χ3v) is 2.68. The molecule has 74 valence electrons. The van der Waals surface area contributed by atoms with Crippen LogP contribution in [0.1, 0.15) is 0 Å². The molecule has 0 aromatic rings. The molecule has 1 aliphatic heterocycles. The van der Waals surface area contributed by atoms with Crippen molar-refractivity contribution in [2.24, 2.45) is 0 Å². The number of nitrogens with zero attached hydrogens (tertiary/aromatic N) is 3. The van der Waals surface area contributed by atoms with Crippen LogP contribution in [-0.2, 0) is 9.35 Å². The van der Waals surface area contributed by atoms with Crippen LogP contribution >= 0.6 is 0 Å². The van der Waals surface area contributed by atoms with Crippen molar-refractivity contribution in [2.75, 3.05) is 0 Å². The average Bonchev–Trinajstić information content (AvgIpc) is 1.81. The van der Waals surface area contributed by atoms with Gasteiger partial charge in [0, 0.05) is 0 Å². The summed E-state index contributed by atoms with van der Waals surface area (Å²) in [5.41, 5.74) is 0. The summed E-state index contributed by atoms with van der Waals surface area (Å²) >= 11 is -3.09. The molecule has 1 rings (SSSR count). The first-order valence-corrected chi connectivity index (χ1v) is 5.32. The van der Waals surface area contributed by atoms with Crippen LogP contribution in [0.25, 0.3) is 0 Å². The normalized spacial score (nSPS) is 13.7. The van der Waals surface area contributed by atoms with Crippen molar-refractivity contribution in [1.82, 2.24) is 0 Å². The topological polar surface area (TPSA) is 157 Å². The maximum absolute atomic E-state index is 9.71. The second-order valence-electron chi connectivity index (χ2n) is 1.14. The number of hydrogen-bond donors (Lipinski definition) is 0. The Morgan fingerprint density at radius 3 is 1.85 bits per heavy atom. The zero-order chi connectivity index (χ0) is 10.4. The van der Waals surface area contributed by atoms with Gasteiger partial charge in [-0.3, -0.25) is 0 Å². The van der Waals surface area contributed by atoms with E-state index in [0.717, 1.165) is 0 Å². The zero-order valence-corrected chi connectivity index (χ0v) is 8.02. The molecule has 0 aliphatic carbocycles. The van der Waals surface area contributed by atoms with E-state index in [1.807, 2.05) is 0 Å². The van der Waals surface area contributed by atoms with E-state index in [2.05, 4.69) is 9.35 Å². The summed E-state index contributed by atoms with van der Waals surface area (Å²) in [5, 5.41) is 22.9. The van der Waals surface area contributed by atoms with Gasteiger partial charge >= 0.3 is 56.0 Å². The monoisotopic (exact) mass is 307 g/mol. The fourth-order valence-corrected chi connectivity index (χ4v) is 1.34. The number of hydrogen-bond acceptors (Lipinski definition) is 9. The molecule has 13 heavy (non-hydrogen) atoms. The van der Waals surface area contributed by atoms with Crippen LogP contribution < -0.4 is 0 Å². The third kappa shape index (κ3) is 6.80. The molecule has 0 unspecified atom stereocenters. The molecular formula is N3O9Sb. The van der Waals surface area contributed by atoms with Gasteiger partial charge < -0.3 is 15.3 Å². The Balaban J connectivity index is 0.000000310. The van der Waals surface area contributed by atoms with Crippen molar-refractivity contribution >= 4 is 21.5 Å². The summed E-state index contributed by atoms with van der Waals surface area (Å²) in [6.45, 7) is 0. The Morgan fingerprint density at radius 2 is 1.62 bits per heavy atom. The summed E-state index contributed by atoms with van der Waals surface area (Å²) < 4.78 is 11.8. The summed E-state index contributed by atoms with van der Waals surface area (Å²) in [5.74, 6) is 0. The van der Waals surface area contributed by atoms with Crippen LogP contribution in [0.4, 0.5) is 0 Å². The van der Waals surface area contributed by atoms with Gasteiger partial charge in [0.25, 0.3) is 0 Å². The quantitative estimate of drug-likeness (QED) is 0.339. The van der Waals surface area contributed by atoms with Gasteiger partial charge in [-0.1, -0.05) is 0 Å². The summed E-state index contributed by atoms with van der Waals surface area (Å²) in [6, 6.07) is 0. The molecule has 0 aromatic carbocycles. The predicted octanol–water partition coefficient (Wildman–Crippen LogP) is -1.40. The van der Waals surface area contributed by atoms with Gasteiger partial charge in [-0.25, -0.2) is 0 Å². The Bertz CT molecular complexity index is 211. The minimum atomic E-state index is -3.09. The molecule has 1 saturated heterocycles. The molecule has 0 spiro atoms. The zero-order valence-electron chi connectivity index (χ0n) is 5.46. The van der Waals surface area contributed by atoms with E-state index in [9.17, 15) is 15.0 Å². The molecule has 0 N–H and O–H groups in total. The van der Waals surface area contributed by atoms with Gasteiger partial charge in [-0.2, -0.15) is 0 Å². The van der Waals surface area contributed by atoms with E-state index in [1.165, 1.54) is 0 Å². The van der Waals surface area contributed by atoms with Crippen molar-refractivity contribution in [3.05, 3.63) is 30.3 Å². The summed E-state index contributed by atoms with van der Waals surface area (Å²) in [6.07, 6.45) is 0. The van der Waals surface area contributed by atoms with Gasteiger partial charge in [-0.05, 0) is 0 Å². The van der Waals surface area contributed by atoms with E-state index >= 15 is 0 Å². The van der Waals surface area contributed by atoms with Crippen molar-refractivity contribution in [2.45, 2.75) is 0 Å². The molecule has 12 nitrogen and oxygen atoms in total. The van der Waals surface area contributed by atoms with E-state index in [-0.39, 0.29) is 5.09 Å². The molecule has 0 amide bonds. The molecule has 0 bridgehead atoms. The van der Waals surface area contributed by atoms with Crippen molar-refractivity contribution in [1.29, 1.82) is 0 Å². The van der Waals surface area contributed by atoms with Crippen LogP contribution in [0.3, 0.4) is 0 Å². The molecule has 1 fully saturated rings. The minimum absolute atomic E-state index is 0.216. The Kier molecular flexibility index (Phi) is 4.51. The first-order valence-electron chi connectivity index (χ1n) is 2.19. The van der Waals surface area contributed by atoms with Gasteiger partial charge in [0.05, 0.1) is 5.09 Å². The average molecular weight is 308 g/mol. The van der Waals surface area contributed by atoms with Crippen LogP contribution in [0.15, 0.2) is 0 Å². The van der Waals surface area contributed by atoms with E-state index in [0.29, 0.717) is 0 Å². The van der Waals surface area contributed by atoms with E-state index in [4.69, 9.17) is 15.3 Å². The van der Waals surface area contributed by atoms with Crippen LogP contribution in [-0.4, -0.2) is 36.7 Å². The van der Waals surface area contributed by atoms with Crippen LogP contribution in [0.2, 0.25) is 0 Å². The van der Waals surface area contributed by atoms with Crippen molar-refractivity contribution < 1.29 is 24.6 Å². The molecular weight excluding hydrogens is 308 g/mol. The van der Waals surface area contributed by atoms with Crippen LogP contribution in [0, 0.1) is 30.3 Å². The van der Waals surface area contributed by atoms with Gasteiger partial charge in [0.1, 0.15) is 0 Å². The molecule has 0 saturated carbocycles. The molecule has 1 heterocycles. The second-order valence-corrected chi connectivity index (χ2v) is 3.81. The van der Waals surface area contributed by atoms with Gasteiger partial charge in [-0.15, -0.1) is 0 Å². The molecule has 0 aromatic heterocycles. The number of rotatable bonds is 2.